The van der Waals surface area contributed by atoms with Crippen molar-refractivity contribution in [3.63, 3.8) is 0 Å². The molecule has 23 heavy (non-hydrogen) atoms. The maximum absolute atomic E-state index is 11.2. The molecule has 9 heteroatoms. The van der Waals surface area contributed by atoms with Gasteiger partial charge in [-0.15, -0.1) is 10.2 Å². The van der Waals surface area contributed by atoms with Crippen LogP contribution in [0.1, 0.15) is 15.9 Å². The van der Waals surface area contributed by atoms with Crippen LogP contribution in [0, 0.1) is 11.3 Å². The number of benzene rings is 1. The number of primary amides is 1. The predicted octanol–water partition coefficient (Wildman–Crippen LogP) is 2.78. The second-order valence-electron chi connectivity index (χ2n) is 4.45. The maximum Gasteiger partial charge on any atom is 0.252 e. The molecular weight excluding hydrogens is 316 g/mol. The lowest BCUT2D eigenvalue weighted by molar-refractivity contribution is 0.0998. The van der Waals surface area contributed by atoms with E-state index in [1.807, 2.05) is 6.07 Å². The van der Waals surface area contributed by atoms with Crippen LogP contribution in [0.5, 0.6) is 5.75 Å². The summed E-state index contributed by atoms with van der Waals surface area (Å²) in [5.41, 5.74) is 6.35. The fraction of sp³-hybridized carbons (Fsp3) is 0. The van der Waals surface area contributed by atoms with Gasteiger partial charge in [0.2, 0.25) is 0 Å². The topological polar surface area (TPSA) is 138 Å². The highest BCUT2D eigenvalue weighted by molar-refractivity contribution is 7.11. The molecule has 2 heterocycles. The lowest BCUT2D eigenvalue weighted by Gasteiger charge is -2.00. The Balaban J connectivity index is 2.00. The van der Waals surface area contributed by atoms with Crippen LogP contribution < -0.4 is 5.73 Å². The molecule has 8 nitrogen and oxygen atoms in total. The minimum Gasteiger partial charge on any atom is -0.507 e. The summed E-state index contributed by atoms with van der Waals surface area (Å²) in [7, 11) is 0. The maximum atomic E-state index is 11.2. The van der Waals surface area contributed by atoms with Gasteiger partial charge in [0, 0.05) is 12.4 Å². The van der Waals surface area contributed by atoms with E-state index in [0.29, 0.717) is 27.2 Å². The number of nitrogens with two attached hydrogens (primary N) is 1. The van der Waals surface area contributed by atoms with Crippen LogP contribution in [-0.2, 0) is 0 Å². The SMILES string of the molecule is N#Cc1cncc2c(N=Nc3ccc(O)c(C(N)=O)c3)snc12. The lowest BCUT2D eigenvalue weighted by Crippen LogP contribution is -2.10. The fourth-order valence-electron chi connectivity index (χ4n) is 1.89. The predicted molar refractivity (Wildman–Crippen MR) is 82.9 cm³/mol. The summed E-state index contributed by atoms with van der Waals surface area (Å²) < 4.78 is 4.17. The third-order valence-electron chi connectivity index (χ3n) is 2.99. The van der Waals surface area contributed by atoms with E-state index in [1.165, 1.54) is 24.4 Å². The number of azo groups is 1. The Hall–Kier alpha value is -3.38. The van der Waals surface area contributed by atoms with Gasteiger partial charge < -0.3 is 10.8 Å². The molecule has 0 spiro atoms. The molecule has 0 bridgehead atoms. The summed E-state index contributed by atoms with van der Waals surface area (Å²) in [6, 6.07) is 6.16. The molecular formula is C14H8N6O2S. The van der Waals surface area contributed by atoms with Gasteiger partial charge in [-0.3, -0.25) is 9.78 Å². The molecule has 0 aliphatic rings. The van der Waals surface area contributed by atoms with E-state index in [2.05, 4.69) is 19.6 Å². The summed E-state index contributed by atoms with van der Waals surface area (Å²) in [5, 5.41) is 27.7. The monoisotopic (exact) mass is 324 g/mol. The molecule has 2 aromatic heterocycles. The Bertz CT molecular complexity index is 989. The van der Waals surface area contributed by atoms with Gasteiger partial charge in [-0.1, -0.05) is 0 Å². The van der Waals surface area contributed by atoms with Crippen molar-refractivity contribution in [3.8, 4) is 11.8 Å². The molecule has 0 saturated heterocycles. The smallest absolute Gasteiger partial charge is 0.252 e. The van der Waals surface area contributed by atoms with E-state index < -0.39 is 5.91 Å². The van der Waals surface area contributed by atoms with E-state index in [9.17, 15) is 9.90 Å². The summed E-state index contributed by atoms with van der Waals surface area (Å²) in [6.07, 6.45) is 2.99. The van der Waals surface area contributed by atoms with Crippen molar-refractivity contribution in [2.45, 2.75) is 0 Å². The van der Waals surface area contributed by atoms with E-state index in [1.54, 1.807) is 6.20 Å². The highest BCUT2D eigenvalue weighted by Gasteiger charge is 2.11. The van der Waals surface area contributed by atoms with Crippen molar-refractivity contribution in [1.82, 2.24) is 9.36 Å². The number of carbonyl (C=O) groups excluding carboxylic acids is 1. The molecule has 3 aromatic rings. The first kappa shape index (κ1) is 14.6. The van der Waals surface area contributed by atoms with Crippen LogP contribution in [-0.4, -0.2) is 20.4 Å². The summed E-state index contributed by atoms with van der Waals surface area (Å²) in [4.78, 5) is 15.2. The number of aromatic hydroxyl groups is 1. The second-order valence-corrected chi connectivity index (χ2v) is 5.20. The molecule has 112 valence electrons. The number of hydrogen-bond donors (Lipinski definition) is 2. The number of nitriles is 1. The largest absolute Gasteiger partial charge is 0.507 e. The number of nitrogens with zero attached hydrogens (tertiary/aromatic N) is 5. The van der Waals surface area contributed by atoms with Crippen molar-refractivity contribution >= 4 is 39.0 Å². The van der Waals surface area contributed by atoms with Crippen LogP contribution in [0.15, 0.2) is 40.8 Å². The van der Waals surface area contributed by atoms with Crippen molar-refractivity contribution in [1.29, 1.82) is 5.26 Å². The summed E-state index contributed by atoms with van der Waals surface area (Å²) in [6.45, 7) is 0. The van der Waals surface area contributed by atoms with Crippen molar-refractivity contribution < 1.29 is 9.90 Å². The van der Waals surface area contributed by atoms with Gasteiger partial charge in [-0.25, -0.2) is 0 Å². The highest BCUT2D eigenvalue weighted by Crippen LogP contribution is 2.33. The minimum absolute atomic E-state index is 0.0379. The first-order chi connectivity index (χ1) is 11.1. The van der Waals surface area contributed by atoms with Gasteiger partial charge in [0.25, 0.3) is 5.91 Å². The lowest BCUT2D eigenvalue weighted by atomic mass is 10.2. The van der Waals surface area contributed by atoms with Gasteiger partial charge in [0.15, 0.2) is 5.00 Å². The van der Waals surface area contributed by atoms with Gasteiger partial charge in [0.1, 0.15) is 17.3 Å². The van der Waals surface area contributed by atoms with Crippen LogP contribution in [0.3, 0.4) is 0 Å². The average Bonchev–Trinajstić information content (AvgIpc) is 2.97. The Labute approximate surface area is 133 Å². The number of fused-ring (bicyclic) bond motifs is 1. The van der Waals surface area contributed by atoms with E-state index in [0.717, 1.165) is 11.5 Å². The van der Waals surface area contributed by atoms with Crippen LogP contribution in [0.2, 0.25) is 0 Å². The molecule has 3 N–H and O–H groups in total. The molecule has 0 fully saturated rings. The Kier molecular flexibility index (Phi) is 3.66. The number of hydrogen-bond acceptors (Lipinski definition) is 8. The van der Waals surface area contributed by atoms with E-state index in [-0.39, 0.29) is 11.3 Å². The first-order valence-corrected chi connectivity index (χ1v) is 7.05. The van der Waals surface area contributed by atoms with Gasteiger partial charge in [-0.05, 0) is 29.7 Å². The van der Waals surface area contributed by atoms with Gasteiger partial charge in [-0.2, -0.15) is 9.64 Å². The summed E-state index contributed by atoms with van der Waals surface area (Å²) in [5.74, 6) is -0.979. The number of carbonyl (C=O) groups is 1. The number of amides is 1. The zero-order chi connectivity index (χ0) is 16.4. The van der Waals surface area contributed by atoms with Gasteiger partial charge >= 0.3 is 0 Å². The minimum atomic E-state index is -0.759. The molecule has 1 aromatic carbocycles. The normalized spacial score (nSPS) is 10.9. The van der Waals surface area contributed by atoms with Gasteiger partial charge in [0.05, 0.1) is 22.2 Å². The molecule has 0 atom stereocenters. The zero-order valence-electron chi connectivity index (χ0n) is 11.5. The summed E-state index contributed by atoms with van der Waals surface area (Å²) >= 11 is 1.08. The zero-order valence-corrected chi connectivity index (χ0v) is 12.3. The van der Waals surface area contributed by atoms with E-state index in [4.69, 9.17) is 11.0 Å². The Morgan fingerprint density at radius 3 is 2.91 bits per heavy atom. The number of pyridine rings is 1. The Morgan fingerprint density at radius 1 is 1.35 bits per heavy atom. The number of rotatable bonds is 3. The molecule has 3 rings (SSSR count). The van der Waals surface area contributed by atoms with Crippen molar-refractivity contribution in [2.24, 2.45) is 16.0 Å². The average molecular weight is 324 g/mol. The fourth-order valence-corrected chi connectivity index (χ4v) is 2.59. The number of aromatic nitrogens is 2. The third kappa shape index (κ3) is 2.70. The van der Waals surface area contributed by atoms with Crippen molar-refractivity contribution in [3.05, 3.63) is 41.7 Å². The van der Waals surface area contributed by atoms with Crippen LogP contribution in [0.25, 0.3) is 10.9 Å². The first-order valence-electron chi connectivity index (χ1n) is 6.28. The molecule has 0 saturated carbocycles. The molecule has 1 amide bonds. The van der Waals surface area contributed by atoms with E-state index >= 15 is 0 Å². The standard InChI is InChI=1S/C14H8N6O2S/c15-4-7-5-17-6-10-12(7)20-23-14(10)19-18-8-1-2-11(21)9(3-8)13(16)22/h1-3,5-6,21H,(H2,16,22). The molecule has 0 unspecified atom stereocenters. The molecule has 0 aliphatic heterocycles. The highest BCUT2D eigenvalue weighted by atomic mass is 32.1. The Morgan fingerprint density at radius 2 is 2.17 bits per heavy atom. The third-order valence-corrected chi connectivity index (χ3v) is 3.74. The van der Waals surface area contributed by atoms with Crippen molar-refractivity contribution in [2.75, 3.05) is 0 Å². The van der Waals surface area contributed by atoms with Crippen LogP contribution >= 0.6 is 11.5 Å². The molecule has 0 radical (unpaired) electrons. The quantitative estimate of drug-likeness (QED) is 0.713. The number of phenols is 1. The molecule has 0 aliphatic carbocycles. The second kappa shape index (κ2) is 5.78. The van der Waals surface area contributed by atoms with Crippen LogP contribution in [0.4, 0.5) is 10.7 Å².